The third kappa shape index (κ3) is 2.67. The fraction of sp³-hybridized carbons (Fsp3) is 0.385. The number of hydrogen-bond donors (Lipinski definition) is 3. The van der Waals surface area contributed by atoms with Crippen LogP contribution in [0.25, 0.3) is 0 Å². The number of nitrogens with two attached hydrogens (primary N) is 1. The molecule has 1 atom stereocenters. The van der Waals surface area contributed by atoms with E-state index in [2.05, 4.69) is 0 Å². The first-order valence-corrected chi connectivity index (χ1v) is 6.11. The Balaban J connectivity index is 2.34. The van der Waals surface area contributed by atoms with E-state index in [4.69, 9.17) is 16.2 Å². The van der Waals surface area contributed by atoms with E-state index in [1.807, 2.05) is 0 Å². The molecular weight excluding hydrogens is 249 g/mol. The van der Waals surface area contributed by atoms with Gasteiger partial charge in [0, 0.05) is 13.1 Å². The Morgan fingerprint density at radius 2 is 2.26 bits per heavy atom. The van der Waals surface area contributed by atoms with Crippen LogP contribution < -0.4 is 10.6 Å². The van der Waals surface area contributed by atoms with Gasteiger partial charge >= 0.3 is 5.97 Å². The van der Waals surface area contributed by atoms with Crippen molar-refractivity contribution in [2.24, 2.45) is 11.7 Å². The topological polar surface area (TPSA) is 90.4 Å². The Kier molecular flexibility index (Phi) is 3.69. The van der Waals surface area contributed by atoms with Gasteiger partial charge in [0.15, 0.2) is 0 Å². The number of aliphatic carboxylic acids is 1. The second-order valence-corrected chi connectivity index (χ2v) is 4.67. The Labute approximate surface area is 110 Å². The number of rotatable bonds is 3. The number of nitrogens with one attached hydrogen (secondary N) is 1. The van der Waals surface area contributed by atoms with Crippen molar-refractivity contribution in [3.8, 4) is 0 Å². The molecule has 0 amide bonds. The summed E-state index contributed by atoms with van der Waals surface area (Å²) in [6, 6.07) is 4.46. The Morgan fingerprint density at radius 3 is 2.89 bits per heavy atom. The average molecular weight is 265 g/mol. The minimum Gasteiger partial charge on any atom is -0.481 e. The van der Waals surface area contributed by atoms with E-state index in [0.717, 1.165) is 6.42 Å². The molecule has 0 saturated carbocycles. The van der Waals surface area contributed by atoms with Crippen LogP contribution in [-0.2, 0) is 4.79 Å². The quantitative estimate of drug-likeness (QED) is 0.569. The average Bonchev–Trinajstić information content (AvgIpc) is 2.38. The van der Waals surface area contributed by atoms with Crippen LogP contribution in [0.1, 0.15) is 18.4 Å². The van der Waals surface area contributed by atoms with Gasteiger partial charge in [-0.1, -0.05) is 6.07 Å². The molecule has 0 aromatic heterocycles. The van der Waals surface area contributed by atoms with Crippen molar-refractivity contribution in [1.82, 2.24) is 0 Å². The standard InChI is InChI=1S/C13H16FN3O2/c14-9-4-1-5-10(11(9)12(15)16)17-6-2-3-8(7-17)13(18)19/h1,4-5,8H,2-3,6-7H2,(H3,15,16)(H,18,19). The number of anilines is 1. The molecule has 1 aliphatic rings. The van der Waals surface area contributed by atoms with Crippen molar-refractivity contribution in [2.45, 2.75) is 12.8 Å². The summed E-state index contributed by atoms with van der Waals surface area (Å²) in [7, 11) is 0. The van der Waals surface area contributed by atoms with Crippen molar-refractivity contribution in [2.75, 3.05) is 18.0 Å². The number of halogens is 1. The number of piperidine rings is 1. The predicted octanol–water partition coefficient (Wildman–Crippen LogP) is 1.41. The molecule has 1 saturated heterocycles. The van der Waals surface area contributed by atoms with E-state index in [9.17, 15) is 9.18 Å². The smallest absolute Gasteiger partial charge is 0.308 e. The summed E-state index contributed by atoms with van der Waals surface area (Å²) in [6.45, 7) is 0.965. The van der Waals surface area contributed by atoms with E-state index in [1.165, 1.54) is 6.07 Å². The zero-order valence-electron chi connectivity index (χ0n) is 10.4. The van der Waals surface area contributed by atoms with Gasteiger partial charge in [0.05, 0.1) is 17.2 Å². The lowest BCUT2D eigenvalue weighted by molar-refractivity contribution is -0.141. The Bertz CT molecular complexity index is 519. The van der Waals surface area contributed by atoms with Gasteiger partial charge in [0.2, 0.25) is 0 Å². The molecule has 1 aromatic rings. The number of nitrogen functional groups attached to an aromatic ring is 1. The first-order chi connectivity index (χ1) is 9.00. The summed E-state index contributed by atoms with van der Waals surface area (Å²) in [6.07, 6.45) is 1.35. The van der Waals surface area contributed by atoms with Crippen LogP contribution >= 0.6 is 0 Å². The highest BCUT2D eigenvalue weighted by Crippen LogP contribution is 2.27. The third-order valence-electron chi connectivity index (χ3n) is 3.37. The lowest BCUT2D eigenvalue weighted by atomic mass is 9.97. The summed E-state index contributed by atoms with van der Waals surface area (Å²) in [5.41, 5.74) is 5.96. The van der Waals surface area contributed by atoms with Crippen molar-refractivity contribution in [3.63, 3.8) is 0 Å². The fourth-order valence-electron chi connectivity index (χ4n) is 2.44. The molecule has 5 nitrogen and oxygen atoms in total. The molecule has 1 aromatic carbocycles. The number of amidine groups is 1. The van der Waals surface area contributed by atoms with Crippen molar-refractivity contribution < 1.29 is 14.3 Å². The van der Waals surface area contributed by atoms with Crippen molar-refractivity contribution in [3.05, 3.63) is 29.6 Å². The summed E-state index contributed by atoms with van der Waals surface area (Å²) in [5, 5.41) is 16.5. The molecular formula is C13H16FN3O2. The summed E-state index contributed by atoms with van der Waals surface area (Å²) < 4.78 is 13.7. The summed E-state index contributed by atoms with van der Waals surface area (Å²) >= 11 is 0. The predicted molar refractivity (Wildman–Crippen MR) is 70.0 cm³/mol. The van der Waals surface area contributed by atoms with Crippen LogP contribution in [0.3, 0.4) is 0 Å². The molecule has 2 rings (SSSR count). The van der Waals surface area contributed by atoms with Gasteiger partial charge in [-0.25, -0.2) is 4.39 Å². The lowest BCUT2D eigenvalue weighted by Crippen LogP contribution is -2.39. The largest absolute Gasteiger partial charge is 0.481 e. The van der Waals surface area contributed by atoms with Crippen molar-refractivity contribution >= 4 is 17.5 Å². The number of carboxylic acids is 1. The molecule has 0 spiro atoms. The molecule has 1 aliphatic heterocycles. The highest BCUT2D eigenvalue weighted by molar-refractivity contribution is 6.00. The number of nitrogens with zero attached hydrogens (tertiary/aromatic N) is 1. The van der Waals surface area contributed by atoms with Crippen LogP contribution in [0.5, 0.6) is 0 Å². The first-order valence-electron chi connectivity index (χ1n) is 6.11. The van der Waals surface area contributed by atoms with Crippen LogP contribution in [0.4, 0.5) is 10.1 Å². The zero-order chi connectivity index (χ0) is 14.0. The molecule has 0 radical (unpaired) electrons. The lowest BCUT2D eigenvalue weighted by Gasteiger charge is -2.33. The van der Waals surface area contributed by atoms with E-state index in [0.29, 0.717) is 25.2 Å². The molecule has 4 N–H and O–H groups in total. The van der Waals surface area contributed by atoms with Gasteiger partial charge in [0.1, 0.15) is 11.7 Å². The van der Waals surface area contributed by atoms with E-state index in [1.54, 1.807) is 17.0 Å². The van der Waals surface area contributed by atoms with Crippen LogP contribution in [-0.4, -0.2) is 30.0 Å². The monoisotopic (exact) mass is 265 g/mol. The molecule has 102 valence electrons. The number of benzene rings is 1. The van der Waals surface area contributed by atoms with Gasteiger partial charge < -0.3 is 15.7 Å². The Morgan fingerprint density at radius 1 is 1.53 bits per heavy atom. The second-order valence-electron chi connectivity index (χ2n) is 4.67. The summed E-state index contributed by atoms with van der Waals surface area (Å²) in [4.78, 5) is 12.8. The molecule has 1 heterocycles. The number of carboxylic acid groups (broad SMARTS) is 1. The maximum Gasteiger partial charge on any atom is 0.308 e. The van der Waals surface area contributed by atoms with Crippen LogP contribution in [0.15, 0.2) is 18.2 Å². The van der Waals surface area contributed by atoms with Crippen LogP contribution in [0, 0.1) is 17.1 Å². The zero-order valence-corrected chi connectivity index (χ0v) is 10.4. The normalized spacial score (nSPS) is 19.2. The van der Waals surface area contributed by atoms with Gasteiger partial charge in [-0.2, -0.15) is 0 Å². The summed E-state index contributed by atoms with van der Waals surface area (Å²) in [5.74, 6) is -2.20. The van der Waals surface area contributed by atoms with Gasteiger partial charge in [0.25, 0.3) is 0 Å². The van der Waals surface area contributed by atoms with Gasteiger partial charge in [-0.15, -0.1) is 0 Å². The Hall–Kier alpha value is -2.11. The second kappa shape index (κ2) is 5.26. The molecule has 1 fully saturated rings. The van der Waals surface area contributed by atoms with Crippen LogP contribution in [0.2, 0.25) is 0 Å². The van der Waals surface area contributed by atoms with Gasteiger partial charge in [-0.3, -0.25) is 10.2 Å². The SMILES string of the molecule is N=C(N)c1c(F)cccc1N1CCCC(C(=O)O)C1. The maximum atomic E-state index is 13.7. The molecule has 19 heavy (non-hydrogen) atoms. The van der Waals surface area contributed by atoms with Gasteiger partial charge in [-0.05, 0) is 25.0 Å². The molecule has 0 aliphatic carbocycles. The van der Waals surface area contributed by atoms with E-state index < -0.39 is 17.7 Å². The highest BCUT2D eigenvalue weighted by Gasteiger charge is 2.27. The first kappa shape index (κ1) is 13.3. The molecule has 0 bridgehead atoms. The van der Waals surface area contributed by atoms with Crippen molar-refractivity contribution in [1.29, 1.82) is 5.41 Å². The van der Waals surface area contributed by atoms with E-state index in [-0.39, 0.29) is 11.4 Å². The fourth-order valence-corrected chi connectivity index (χ4v) is 2.44. The van der Waals surface area contributed by atoms with E-state index >= 15 is 0 Å². The number of carbonyl (C=O) groups is 1. The minimum atomic E-state index is -0.842. The molecule has 1 unspecified atom stereocenters. The molecule has 6 heteroatoms. The minimum absolute atomic E-state index is 0.0496. The highest BCUT2D eigenvalue weighted by atomic mass is 19.1. The maximum absolute atomic E-state index is 13.7. The third-order valence-corrected chi connectivity index (χ3v) is 3.37. The number of hydrogen-bond acceptors (Lipinski definition) is 3.